The summed E-state index contributed by atoms with van der Waals surface area (Å²) >= 11 is 0. The van der Waals surface area contributed by atoms with Crippen LogP contribution >= 0.6 is 0 Å². The number of rotatable bonds is 2. The molecule has 4 rings (SSSR count). The van der Waals surface area contributed by atoms with Gasteiger partial charge in [-0.3, -0.25) is 4.79 Å². The second-order valence-corrected chi connectivity index (χ2v) is 6.83. The first-order chi connectivity index (χ1) is 13.0. The Bertz CT molecular complexity index is 1070. The van der Waals surface area contributed by atoms with Gasteiger partial charge in [0.1, 0.15) is 5.75 Å². The highest BCUT2D eigenvalue weighted by atomic mass is 16.5. The van der Waals surface area contributed by atoms with Gasteiger partial charge in [0.2, 0.25) is 0 Å². The van der Waals surface area contributed by atoms with E-state index in [1.807, 2.05) is 13.0 Å². The van der Waals surface area contributed by atoms with Crippen LogP contribution in [0.15, 0.2) is 36.4 Å². The fourth-order valence-corrected chi connectivity index (χ4v) is 3.62. The molecule has 0 aliphatic carbocycles. The van der Waals surface area contributed by atoms with Gasteiger partial charge in [-0.05, 0) is 37.3 Å². The van der Waals surface area contributed by atoms with Gasteiger partial charge in [-0.1, -0.05) is 11.6 Å². The number of amides is 1. The third-order valence-electron chi connectivity index (χ3n) is 5.07. The van der Waals surface area contributed by atoms with Crippen LogP contribution in [0.25, 0.3) is 10.9 Å². The van der Waals surface area contributed by atoms with Crippen molar-refractivity contribution in [2.45, 2.75) is 19.9 Å². The van der Waals surface area contributed by atoms with E-state index >= 15 is 0 Å². The summed E-state index contributed by atoms with van der Waals surface area (Å²) in [6.07, 6.45) is 0.690. The van der Waals surface area contributed by atoms with E-state index in [4.69, 9.17) is 4.74 Å². The van der Waals surface area contributed by atoms with E-state index in [0.717, 1.165) is 27.7 Å². The topological polar surface area (TPSA) is 82.6 Å². The lowest BCUT2D eigenvalue weighted by Crippen LogP contribution is -2.35. The van der Waals surface area contributed by atoms with Crippen molar-refractivity contribution in [3.8, 4) is 5.75 Å². The molecule has 0 radical (unpaired) electrons. The zero-order chi connectivity index (χ0) is 19.1. The summed E-state index contributed by atoms with van der Waals surface area (Å²) in [6.45, 7) is 2.88. The van der Waals surface area contributed by atoms with Crippen molar-refractivity contribution in [2.24, 2.45) is 0 Å². The van der Waals surface area contributed by atoms with Crippen LogP contribution in [0.2, 0.25) is 0 Å². The second kappa shape index (κ2) is 6.46. The Kier molecular flexibility index (Phi) is 4.11. The molecule has 1 aliphatic heterocycles. The van der Waals surface area contributed by atoms with Crippen molar-refractivity contribution in [3.63, 3.8) is 0 Å². The van der Waals surface area contributed by atoms with Crippen molar-refractivity contribution >= 4 is 22.8 Å². The number of nitrogens with one attached hydrogen (secondary N) is 1. The standard InChI is InChI=1S/C21H20N2O4/c1-12-3-6-19(24)15(9-12)20(25)23-8-7-18-16(11-23)14-10-13(21(26)27-2)4-5-17(14)22-18/h3-6,9-10,22,24H,7-8,11H2,1-2H3. The molecule has 0 bridgehead atoms. The van der Waals surface area contributed by atoms with Gasteiger partial charge >= 0.3 is 5.97 Å². The van der Waals surface area contributed by atoms with Crippen molar-refractivity contribution in [2.75, 3.05) is 13.7 Å². The molecule has 0 unspecified atom stereocenters. The lowest BCUT2D eigenvalue weighted by atomic mass is 10.0. The second-order valence-electron chi connectivity index (χ2n) is 6.83. The number of esters is 1. The van der Waals surface area contributed by atoms with Crippen molar-refractivity contribution in [3.05, 3.63) is 64.3 Å². The number of H-pyrrole nitrogens is 1. The van der Waals surface area contributed by atoms with E-state index < -0.39 is 0 Å². The molecule has 0 atom stereocenters. The molecule has 2 heterocycles. The van der Waals surface area contributed by atoms with E-state index in [9.17, 15) is 14.7 Å². The quantitative estimate of drug-likeness (QED) is 0.684. The summed E-state index contributed by atoms with van der Waals surface area (Å²) in [5.74, 6) is -0.594. The maximum absolute atomic E-state index is 12.9. The van der Waals surface area contributed by atoms with E-state index in [1.54, 1.807) is 35.2 Å². The maximum Gasteiger partial charge on any atom is 0.337 e. The van der Waals surface area contributed by atoms with Crippen LogP contribution < -0.4 is 0 Å². The number of aromatic amines is 1. The average Bonchev–Trinajstić information content (AvgIpc) is 3.05. The molecule has 2 aromatic carbocycles. The summed E-state index contributed by atoms with van der Waals surface area (Å²) in [4.78, 5) is 29.9. The molecule has 0 fully saturated rings. The minimum absolute atomic E-state index is 0.0108. The Morgan fingerprint density at radius 1 is 1.19 bits per heavy atom. The number of phenolic OH excluding ortho intramolecular Hbond substituents is 1. The van der Waals surface area contributed by atoms with E-state index in [0.29, 0.717) is 30.6 Å². The number of aryl methyl sites for hydroxylation is 1. The molecule has 2 N–H and O–H groups in total. The summed E-state index contributed by atoms with van der Waals surface area (Å²) in [5, 5.41) is 11.0. The predicted octanol–water partition coefficient (Wildman–Crippen LogP) is 3.17. The number of carbonyl (C=O) groups excluding carboxylic acids is 2. The monoisotopic (exact) mass is 364 g/mol. The van der Waals surface area contributed by atoms with Crippen LogP contribution in [0, 0.1) is 6.92 Å². The highest BCUT2D eigenvalue weighted by Crippen LogP contribution is 2.30. The number of carbonyl (C=O) groups is 2. The largest absolute Gasteiger partial charge is 0.507 e. The fourth-order valence-electron chi connectivity index (χ4n) is 3.62. The highest BCUT2D eigenvalue weighted by Gasteiger charge is 2.26. The summed E-state index contributed by atoms with van der Waals surface area (Å²) < 4.78 is 4.81. The molecule has 6 heteroatoms. The molecule has 1 amide bonds. The van der Waals surface area contributed by atoms with Crippen LogP contribution in [0.5, 0.6) is 5.75 Å². The van der Waals surface area contributed by atoms with Crippen LogP contribution in [0.1, 0.15) is 37.5 Å². The van der Waals surface area contributed by atoms with Gasteiger partial charge in [-0.15, -0.1) is 0 Å². The minimum atomic E-state index is -0.389. The molecule has 1 aliphatic rings. The van der Waals surface area contributed by atoms with E-state index in [-0.39, 0.29) is 17.6 Å². The number of ether oxygens (including phenoxy) is 1. The molecule has 0 saturated carbocycles. The van der Waals surface area contributed by atoms with Crippen LogP contribution in [0.4, 0.5) is 0 Å². The number of aromatic nitrogens is 1. The van der Waals surface area contributed by atoms with Gasteiger partial charge in [0.15, 0.2) is 0 Å². The molecule has 27 heavy (non-hydrogen) atoms. The average molecular weight is 364 g/mol. The summed E-state index contributed by atoms with van der Waals surface area (Å²) in [6, 6.07) is 10.4. The molecule has 1 aromatic heterocycles. The number of methoxy groups -OCH3 is 1. The smallest absolute Gasteiger partial charge is 0.337 e. The Balaban J connectivity index is 1.70. The fraction of sp³-hybridized carbons (Fsp3) is 0.238. The Hall–Kier alpha value is -3.28. The lowest BCUT2D eigenvalue weighted by Gasteiger charge is -2.27. The third kappa shape index (κ3) is 2.93. The van der Waals surface area contributed by atoms with Crippen molar-refractivity contribution in [1.82, 2.24) is 9.88 Å². The van der Waals surface area contributed by atoms with Gasteiger partial charge in [-0.25, -0.2) is 4.79 Å². The summed E-state index contributed by atoms with van der Waals surface area (Å²) in [5.41, 5.74) is 4.72. The Morgan fingerprint density at radius 2 is 2.00 bits per heavy atom. The third-order valence-corrected chi connectivity index (χ3v) is 5.07. The molecule has 3 aromatic rings. The first kappa shape index (κ1) is 17.1. The van der Waals surface area contributed by atoms with Crippen LogP contribution in [-0.4, -0.2) is 40.5 Å². The minimum Gasteiger partial charge on any atom is -0.507 e. The summed E-state index contributed by atoms with van der Waals surface area (Å²) in [7, 11) is 1.36. The van der Waals surface area contributed by atoms with Gasteiger partial charge in [0, 0.05) is 41.7 Å². The van der Waals surface area contributed by atoms with E-state index in [2.05, 4.69) is 4.98 Å². The number of hydrogen-bond acceptors (Lipinski definition) is 4. The van der Waals surface area contributed by atoms with Crippen LogP contribution in [-0.2, 0) is 17.7 Å². The molecular weight excluding hydrogens is 344 g/mol. The normalized spacial score (nSPS) is 13.5. The number of aromatic hydroxyl groups is 1. The number of benzene rings is 2. The molecule has 138 valence electrons. The number of nitrogens with zero attached hydrogens (tertiary/aromatic N) is 1. The van der Waals surface area contributed by atoms with Gasteiger partial charge in [0.25, 0.3) is 5.91 Å². The molecule has 6 nitrogen and oxygen atoms in total. The zero-order valence-electron chi connectivity index (χ0n) is 15.2. The first-order valence-electron chi connectivity index (χ1n) is 8.78. The van der Waals surface area contributed by atoms with Crippen LogP contribution in [0.3, 0.4) is 0 Å². The van der Waals surface area contributed by atoms with E-state index in [1.165, 1.54) is 7.11 Å². The number of fused-ring (bicyclic) bond motifs is 3. The number of phenols is 1. The molecule has 0 spiro atoms. The predicted molar refractivity (Wildman–Crippen MR) is 101 cm³/mol. The Labute approximate surface area is 156 Å². The molecule has 0 saturated heterocycles. The molecular formula is C21H20N2O4. The first-order valence-corrected chi connectivity index (χ1v) is 8.78. The van der Waals surface area contributed by atoms with Crippen molar-refractivity contribution < 1.29 is 19.4 Å². The highest BCUT2D eigenvalue weighted by molar-refractivity contribution is 5.98. The lowest BCUT2D eigenvalue weighted by molar-refractivity contribution is 0.0600. The van der Waals surface area contributed by atoms with Gasteiger partial charge < -0.3 is 19.7 Å². The van der Waals surface area contributed by atoms with Gasteiger partial charge in [0.05, 0.1) is 18.2 Å². The zero-order valence-corrected chi connectivity index (χ0v) is 15.2. The van der Waals surface area contributed by atoms with Gasteiger partial charge in [-0.2, -0.15) is 0 Å². The number of hydrogen-bond donors (Lipinski definition) is 2. The SMILES string of the molecule is COC(=O)c1ccc2[nH]c3c(c2c1)CN(C(=O)c1cc(C)ccc1O)CC3. The Morgan fingerprint density at radius 3 is 2.78 bits per heavy atom. The maximum atomic E-state index is 12.9. The van der Waals surface area contributed by atoms with Crippen molar-refractivity contribution in [1.29, 1.82) is 0 Å².